The van der Waals surface area contributed by atoms with E-state index >= 15 is 0 Å². The van der Waals surface area contributed by atoms with E-state index in [9.17, 15) is 8.42 Å². The molecule has 6 heteroatoms. The van der Waals surface area contributed by atoms with Gasteiger partial charge < -0.3 is 0 Å². The molecule has 0 saturated carbocycles. The zero-order valence-corrected chi connectivity index (χ0v) is 8.66. The summed E-state index contributed by atoms with van der Waals surface area (Å²) in [5.41, 5.74) is 0.544. The second kappa shape index (κ2) is 5.80. The minimum Gasteiger partial charge on any atom is -0.282 e. The zero-order chi connectivity index (χ0) is 9.61. The van der Waals surface area contributed by atoms with Crippen LogP contribution in [0.1, 0.15) is 12.8 Å². The maximum atomic E-state index is 10.4. The average molecular weight is 233 g/mol. The molecular weight excluding hydrogens is 223 g/mol. The first kappa shape index (κ1) is 12.2. The van der Waals surface area contributed by atoms with E-state index in [1.165, 1.54) is 0 Å². The molecule has 0 aromatic carbocycles. The molecule has 1 N–H and O–H groups in total. The highest BCUT2D eigenvalue weighted by Gasteiger charge is 2.03. The van der Waals surface area contributed by atoms with Crippen LogP contribution in [0.25, 0.3) is 0 Å². The number of hydrogen-bond acceptors (Lipinski definition) is 2. The average Bonchev–Trinajstić information content (AvgIpc) is 1.84. The predicted octanol–water partition coefficient (Wildman–Crippen LogP) is 2.02. The van der Waals surface area contributed by atoms with Crippen molar-refractivity contribution < 1.29 is 13.0 Å². The van der Waals surface area contributed by atoms with Gasteiger partial charge in [-0.05, 0) is 12.8 Å². The lowest BCUT2D eigenvalue weighted by atomic mass is 10.2. The molecule has 0 saturated heterocycles. The summed E-state index contributed by atoms with van der Waals surface area (Å²) < 4.78 is 29.2. The lowest BCUT2D eigenvalue weighted by Crippen LogP contribution is -1.96. The second-order valence-electron chi connectivity index (χ2n) is 2.17. The van der Waals surface area contributed by atoms with E-state index in [0.717, 1.165) is 5.41 Å². The minimum absolute atomic E-state index is 0.318. The van der Waals surface area contributed by atoms with E-state index < -0.39 is 10.1 Å². The Bertz CT molecular complexity index is 238. The fraction of sp³-hybridized carbons (Fsp3) is 0.667. The van der Waals surface area contributed by atoms with Gasteiger partial charge >= 0.3 is 0 Å². The smallest absolute Gasteiger partial charge is 0.282 e. The molecule has 0 rings (SSSR count). The van der Waals surface area contributed by atoms with Gasteiger partial charge in [0.1, 0.15) is 0 Å². The molecule has 0 radical (unpaired) electrons. The number of alkyl halides is 2. The van der Waals surface area contributed by atoms with Crippen molar-refractivity contribution in [3.05, 3.63) is 11.0 Å². The molecule has 0 unspecified atom stereocenters. The van der Waals surface area contributed by atoms with E-state index in [1.54, 1.807) is 0 Å². The molecule has 0 aromatic heterocycles. The summed E-state index contributed by atoms with van der Waals surface area (Å²) in [6.45, 7) is 0. The van der Waals surface area contributed by atoms with Crippen LogP contribution in [0.2, 0.25) is 0 Å². The van der Waals surface area contributed by atoms with Crippen molar-refractivity contribution in [3.8, 4) is 0 Å². The molecule has 3 nitrogen and oxygen atoms in total. The molecule has 0 fully saturated rings. The van der Waals surface area contributed by atoms with Crippen LogP contribution in [0, 0.1) is 0 Å². The Balaban J connectivity index is 4.38. The minimum atomic E-state index is -4.05. The second-order valence-corrected chi connectivity index (χ2v) is 4.19. The van der Waals surface area contributed by atoms with Crippen LogP contribution in [-0.2, 0) is 10.1 Å². The van der Waals surface area contributed by atoms with Crippen LogP contribution in [0.15, 0.2) is 11.0 Å². The highest BCUT2D eigenvalue weighted by Crippen LogP contribution is 2.10. The summed E-state index contributed by atoms with van der Waals surface area (Å²) in [7, 11) is -4.05. The third kappa shape index (κ3) is 6.91. The molecule has 12 heavy (non-hydrogen) atoms. The first-order valence-electron chi connectivity index (χ1n) is 3.28. The summed E-state index contributed by atoms with van der Waals surface area (Å²) in [6.07, 6.45) is 0.849. The van der Waals surface area contributed by atoms with E-state index in [0.29, 0.717) is 30.2 Å². The van der Waals surface area contributed by atoms with E-state index in [4.69, 9.17) is 27.8 Å². The quantitative estimate of drug-likeness (QED) is 0.583. The van der Waals surface area contributed by atoms with Gasteiger partial charge in [0.2, 0.25) is 0 Å². The molecule has 0 atom stereocenters. The van der Waals surface area contributed by atoms with E-state index in [2.05, 4.69) is 0 Å². The standard InChI is InChI=1S/C6H10Cl2O3S/c7-3-1-6(2-4-8)5-12(9,10)11/h5H,1-4H2,(H,9,10,11). The fourth-order valence-corrected chi connectivity index (χ4v) is 1.84. The van der Waals surface area contributed by atoms with Gasteiger partial charge in [0.15, 0.2) is 0 Å². The predicted molar refractivity (Wildman–Crippen MR) is 50.3 cm³/mol. The molecule has 0 bridgehead atoms. The first-order valence-corrected chi connectivity index (χ1v) is 5.85. The van der Waals surface area contributed by atoms with Crippen LogP contribution in [0.5, 0.6) is 0 Å². The third-order valence-corrected chi connectivity index (χ3v) is 2.16. The van der Waals surface area contributed by atoms with Gasteiger partial charge in [-0.15, -0.1) is 23.2 Å². The number of halogens is 2. The molecule has 0 amide bonds. The van der Waals surface area contributed by atoms with Gasteiger partial charge in [0.25, 0.3) is 10.1 Å². The molecule has 0 spiro atoms. The largest absolute Gasteiger partial charge is 0.287 e. The van der Waals surface area contributed by atoms with Crippen molar-refractivity contribution in [3.63, 3.8) is 0 Å². The van der Waals surface area contributed by atoms with Crippen molar-refractivity contribution in [2.24, 2.45) is 0 Å². The van der Waals surface area contributed by atoms with E-state index in [-0.39, 0.29) is 0 Å². The van der Waals surface area contributed by atoms with Crippen molar-refractivity contribution in [2.45, 2.75) is 12.8 Å². The van der Waals surface area contributed by atoms with Crippen LogP contribution < -0.4 is 0 Å². The Labute approximate surface area is 82.1 Å². The Kier molecular flexibility index (Phi) is 5.92. The summed E-state index contributed by atoms with van der Waals surface area (Å²) in [5, 5.41) is 0.803. The van der Waals surface area contributed by atoms with Crippen LogP contribution in [0.4, 0.5) is 0 Å². The molecule has 0 aliphatic carbocycles. The molecule has 0 aliphatic rings. The Morgan fingerprint density at radius 3 is 1.92 bits per heavy atom. The summed E-state index contributed by atoms with van der Waals surface area (Å²) in [4.78, 5) is 0. The lowest BCUT2D eigenvalue weighted by Gasteiger charge is -2.00. The zero-order valence-electron chi connectivity index (χ0n) is 6.33. The highest BCUT2D eigenvalue weighted by molar-refractivity contribution is 7.88. The van der Waals surface area contributed by atoms with Crippen molar-refractivity contribution >= 4 is 33.3 Å². The summed E-state index contributed by atoms with van der Waals surface area (Å²) in [6, 6.07) is 0. The molecule has 72 valence electrons. The fourth-order valence-electron chi connectivity index (χ4n) is 0.696. The Morgan fingerprint density at radius 1 is 1.25 bits per heavy atom. The van der Waals surface area contributed by atoms with Crippen LogP contribution in [0.3, 0.4) is 0 Å². The van der Waals surface area contributed by atoms with Gasteiger partial charge in [0, 0.05) is 11.8 Å². The summed E-state index contributed by atoms with van der Waals surface area (Å²) >= 11 is 10.8. The van der Waals surface area contributed by atoms with Crippen molar-refractivity contribution in [1.29, 1.82) is 0 Å². The monoisotopic (exact) mass is 232 g/mol. The maximum absolute atomic E-state index is 10.4. The number of hydrogen-bond donors (Lipinski definition) is 1. The third-order valence-electron chi connectivity index (χ3n) is 1.15. The first-order chi connectivity index (χ1) is 5.49. The molecular formula is C6H10Cl2O3S. The highest BCUT2D eigenvalue weighted by atomic mass is 35.5. The van der Waals surface area contributed by atoms with Gasteiger partial charge in [-0.1, -0.05) is 5.57 Å². The van der Waals surface area contributed by atoms with Gasteiger partial charge in [-0.3, -0.25) is 4.55 Å². The Hall–Kier alpha value is 0.230. The van der Waals surface area contributed by atoms with Crippen molar-refractivity contribution in [2.75, 3.05) is 11.8 Å². The van der Waals surface area contributed by atoms with Gasteiger partial charge in [-0.2, -0.15) is 8.42 Å². The van der Waals surface area contributed by atoms with Crippen molar-refractivity contribution in [1.82, 2.24) is 0 Å². The molecule has 0 heterocycles. The Morgan fingerprint density at radius 2 is 1.67 bits per heavy atom. The SMILES string of the molecule is O=S(=O)(O)C=C(CCCl)CCCl. The topological polar surface area (TPSA) is 54.4 Å². The maximum Gasteiger partial charge on any atom is 0.287 e. The molecule has 0 aliphatic heterocycles. The van der Waals surface area contributed by atoms with Crippen LogP contribution >= 0.6 is 23.2 Å². The van der Waals surface area contributed by atoms with Gasteiger partial charge in [-0.25, -0.2) is 0 Å². The van der Waals surface area contributed by atoms with E-state index in [1.807, 2.05) is 0 Å². The normalized spacial score (nSPS) is 11.2. The van der Waals surface area contributed by atoms with Gasteiger partial charge in [0.05, 0.1) is 5.41 Å². The van der Waals surface area contributed by atoms with Crippen LogP contribution in [-0.4, -0.2) is 24.7 Å². The lowest BCUT2D eigenvalue weighted by molar-refractivity contribution is 0.494. The number of rotatable bonds is 5. The summed E-state index contributed by atoms with van der Waals surface area (Å²) in [5.74, 6) is 0.635. The number of allylic oxidation sites excluding steroid dienone is 1. The molecule has 0 aromatic rings.